The number of benzene rings is 3. The van der Waals surface area contributed by atoms with E-state index in [0.717, 1.165) is 35.1 Å². The second-order valence-corrected chi connectivity index (χ2v) is 9.74. The Morgan fingerprint density at radius 1 is 0.921 bits per heavy atom. The second-order valence-electron chi connectivity index (χ2n) is 9.74. The summed E-state index contributed by atoms with van der Waals surface area (Å²) in [6.45, 7) is 8.56. The summed E-state index contributed by atoms with van der Waals surface area (Å²) in [5, 5.41) is 8.91. The van der Waals surface area contributed by atoms with Gasteiger partial charge >= 0.3 is 5.97 Å². The molecule has 0 amide bonds. The fraction of sp³-hybridized carbons (Fsp3) is 0.344. The predicted octanol–water partition coefficient (Wildman–Crippen LogP) is 8.47. The van der Waals surface area contributed by atoms with Crippen molar-refractivity contribution in [2.75, 3.05) is 7.11 Å². The van der Waals surface area contributed by atoms with Gasteiger partial charge in [-0.1, -0.05) is 45.9 Å². The zero-order valence-electron chi connectivity index (χ0n) is 22.7. The molecule has 0 saturated carbocycles. The highest BCUT2D eigenvalue weighted by Gasteiger charge is 2.30. The molecule has 1 aliphatic rings. The first-order valence-electron chi connectivity index (χ1n) is 13.0. The van der Waals surface area contributed by atoms with E-state index in [1.54, 1.807) is 25.3 Å². The molecule has 0 fully saturated rings. The quantitative estimate of drug-likeness (QED) is 0.306. The third-order valence-corrected chi connectivity index (χ3v) is 6.65. The predicted molar refractivity (Wildman–Crippen MR) is 147 cm³/mol. The molecule has 0 radical (unpaired) electrons. The van der Waals surface area contributed by atoms with Gasteiger partial charge in [0.05, 0.1) is 7.11 Å². The molecule has 38 heavy (non-hydrogen) atoms. The zero-order chi connectivity index (χ0) is 27.9. The van der Waals surface area contributed by atoms with Crippen LogP contribution in [0.3, 0.4) is 0 Å². The van der Waals surface area contributed by atoms with Crippen LogP contribution in [-0.2, 0) is 17.8 Å². The van der Waals surface area contributed by atoms with E-state index in [1.165, 1.54) is 18.2 Å². The lowest BCUT2D eigenvalue weighted by Gasteiger charge is -2.25. The third-order valence-electron chi connectivity index (χ3n) is 6.65. The van der Waals surface area contributed by atoms with Gasteiger partial charge in [-0.25, -0.2) is 8.78 Å². The van der Waals surface area contributed by atoms with Gasteiger partial charge in [-0.15, -0.1) is 0 Å². The maximum Gasteiger partial charge on any atom is 0.303 e. The fourth-order valence-corrected chi connectivity index (χ4v) is 4.71. The maximum absolute atomic E-state index is 14.9. The van der Waals surface area contributed by atoms with Crippen LogP contribution >= 0.6 is 0 Å². The summed E-state index contributed by atoms with van der Waals surface area (Å²) >= 11 is 0. The summed E-state index contributed by atoms with van der Waals surface area (Å²) in [4.78, 5) is 10.9. The molecule has 0 aromatic heterocycles. The van der Waals surface area contributed by atoms with Crippen molar-refractivity contribution < 1.29 is 28.2 Å². The molecular weight excluding hydrogens is 486 g/mol. The summed E-state index contributed by atoms with van der Waals surface area (Å²) in [5.74, 6) is -0.832. The third kappa shape index (κ3) is 7.00. The Morgan fingerprint density at radius 3 is 2.34 bits per heavy atom. The molecule has 6 heteroatoms. The van der Waals surface area contributed by atoms with Crippen molar-refractivity contribution in [3.05, 3.63) is 89.0 Å². The molecular formula is C32H36F2O4. The molecule has 1 N–H and O–H groups in total. The normalized spacial score (nSPS) is 13.8. The smallest absolute Gasteiger partial charge is 0.303 e. The van der Waals surface area contributed by atoms with Crippen LogP contribution in [0.1, 0.15) is 63.6 Å². The van der Waals surface area contributed by atoms with Crippen LogP contribution in [0, 0.1) is 17.0 Å². The number of allylic oxidation sites excluding steroid dienone is 2. The lowest BCUT2D eigenvalue weighted by Crippen LogP contribution is -2.10. The Bertz CT molecular complexity index is 1310. The Morgan fingerprint density at radius 2 is 1.68 bits per heavy atom. The van der Waals surface area contributed by atoms with Gasteiger partial charge in [0, 0.05) is 18.1 Å². The minimum Gasteiger partial charge on any atom is -0.497 e. The van der Waals surface area contributed by atoms with E-state index in [-0.39, 0.29) is 30.7 Å². The molecule has 1 aliphatic carbocycles. The summed E-state index contributed by atoms with van der Waals surface area (Å²) in [6.07, 6.45) is 4.30. The number of aryl methyl sites for hydroxylation is 1. The Kier molecular flexibility index (Phi) is 9.67. The highest BCUT2D eigenvalue weighted by atomic mass is 19.1. The van der Waals surface area contributed by atoms with Crippen molar-refractivity contribution in [1.82, 2.24) is 0 Å². The number of ether oxygens (including phenoxy) is 2. The number of carbonyl (C=O) groups is 1. The average Bonchev–Trinajstić information content (AvgIpc) is 3.26. The van der Waals surface area contributed by atoms with Crippen LogP contribution in [0.2, 0.25) is 0 Å². The molecule has 4 nitrogen and oxygen atoms in total. The van der Waals surface area contributed by atoms with Crippen molar-refractivity contribution in [3.63, 3.8) is 0 Å². The van der Waals surface area contributed by atoms with Crippen LogP contribution in [0.15, 0.2) is 60.7 Å². The maximum atomic E-state index is 14.9. The lowest BCUT2D eigenvalue weighted by atomic mass is 9.79. The monoisotopic (exact) mass is 522 g/mol. The van der Waals surface area contributed by atoms with Crippen LogP contribution in [0.5, 0.6) is 11.5 Å². The van der Waals surface area contributed by atoms with Gasteiger partial charge in [0.1, 0.15) is 29.7 Å². The van der Waals surface area contributed by atoms with E-state index in [2.05, 4.69) is 19.9 Å². The molecule has 0 unspecified atom stereocenters. The van der Waals surface area contributed by atoms with Crippen molar-refractivity contribution >= 4 is 11.5 Å². The van der Waals surface area contributed by atoms with Crippen LogP contribution in [0.4, 0.5) is 8.78 Å². The molecule has 3 aromatic carbocycles. The standard InChI is InChI=1S/C30H30F2O4.C2H6/c1-30(2)12-4-5-27(30)25-15-20(6-9-24(25)26-17-22(35-3)8-10-28(26)32)18-36-23-14-19(7-11-29(33)34)13-21(31)16-23;1-2/h5-6,8-10,13-17H,4,7,11-12,18H2,1-3H3,(H,33,34);1-2H3. The number of carboxylic acid groups (broad SMARTS) is 1. The van der Waals surface area contributed by atoms with Crippen molar-refractivity contribution in [2.45, 2.75) is 60.0 Å². The molecule has 0 spiro atoms. The van der Waals surface area contributed by atoms with E-state index in [1.807, 2.05) is 32.0 Å². The number of hydrogen-bond acceptors (Lipinski definition) is 3. The lowest BCUT2D eigenvalue weighted by molar-refractivity contribution is -0.136. The van der Waals surface area contributed by atoms with Crippen molar-refractivity contribution in [2.24, 2.45) is 5.41 Å². The first-order chi connectivity index (χ1) is 18.2. The van der Waals surface area contributed by atoms with E-state index in [4.69, 9.17) is 14.6 Å². The summed E-state index contributed by atoms with van der Waals surface area (Å²) in [7, 11) is 1.56. The van der Waals surface area contributed by atoms with Gasteiger partial charge in [0.15, 0.2) is 0 Å². The zero-order valence-corrected chi connectivity index (χ0v) is 22.7. The van der Waals surface area contributed by atoms with Crippen LogP contribution in [-0.4, -0.2) is 18.2 Å². The van der Waals surface area contributed by atoms with Gasteiger partial charge < -0.3 is 14.6 Å². The Balaban J connectivity index is 0.00000195. The van der Waals surface area contributed by atoms with E-state index in [0.29, 0.717) is 22.6 Å². The first kappa shape index (κ1) is 28.9. The number of methoxy groups -OCH3 is 1. The Labute approximate surface area is 223 Å². The summed E-state index contributed by atoms with van der Waals surface area (Å²) < 4.78 is 40.3. The van der Waals surface area contributed by atoms with Gasteiger partial charge in [0.25, 0.3) is 0 Å². The van der Waals surface area contributed by atoms with Crippen molar-refractivity contribution in [3.8, 4) is 22.6 Å². The number of hydrogen-bond donors (Lipinski definition) is 1. The van der Waals surface area contributed by atoms with E-state index in [9.17, 15) is 13.6 Å². The van der Waals surface area contributed by atoms with Gasteiger partial charge in [-0.2, -0.15) is 0 Å². The fourth-order valence-electron chi connectivity index (χ4n) is 4.71. The van der Waals surface area contributed by atoms with Gasteiger partial charge in [-0.3, -0.25) is 4.79 Å². The van der Waals surface area contributed by atoms with Crippen LogP contribution < -0.4 is 9.47 Å². The number of aliphatic carboxylic acids is 1. The molecule has 3 aromatic rings. The number of halogens is 2. The Hall–Kier alpha value is -3.67. The number of rotatable bonds is 9. The molecule has 202 valence electrons. The largest absolute Gasteiger partial charge is 0.497 e. The molecule has 0 heterocycles. The highest BCUT2D eigenvalue weighted by Crippen LogP contribution is 2.47. The second kappa shape index (κ2) is 12.7. The van der Waals surface area contributed by atoms with Crippen LogP contribution in [0.25, 0.3) is 16.7 Å². The summed E-state index contributed by atoms with van der Waals surface area (Å²) in [5.41, 5.74) is 4.69. The van der Waals surface area contributed by atoms with Crippen molar-refractivity contribution in [1.29, 1.82) is 0 Å². The minimum absolute atomic E-state index is 0.0643. The first-order valence-corrected chi connectivity index (χ1v) is 13.0. The summed E-state index contributed by atoms with van der Waals surface area (Å²) in [6, 6.07) is 14.8. The van der Waals surface area contributed by atoms with E-state index >= 15 is 0 Å². The molecule has 0 aliphatic heterocycles. The molecule has 0 saturated heterocycles. The van der Waals surface area contributed by atoms with Gasteiger partial charge in [-0.05, 0) is 88.9 Å². The van der Waals surface area contributed by atoms with E-state index < -0.39 is 11.8 Å². The number of carboxylic acids is 1. The SMILES string of the molecule is CC.COc1ccc(F)c(-c2ccc(COc3cc(F)cc(CCC(=O)O)c3)cc2C2=CCCC2(C)C)c1. The molecule has 0 bridgehead atoms. The minimum atomic E-state index is -0.939. The highest BCUT2D eigenvalue weighted by molar-refractivity contribution is 5.85. The molecule has 4 rings (SSSR count). The van der Waals surface area contributed by atoms with Gasteiger partial charge in [0.2, 0.25) is 0 Å². The topological polar surface area (TPSA) is 55.8 Å². The molecule has 0 atom stereocenters. The average molecular weight is 523 g/mol.